The minimum absolute atomic E-state index is 0.0307. The largest absolute Gasteiger partial charge is 0.484 e. The molecule has 2 amide bonds. The zero-order valence-electron chi connectivity index (χ0n) is 14.9. The van der Waals surface area contributed by atoms with Gasteiger partial charge in [-0.3, -0.25) is 9.59 Å². The van der Waals surface area contributed by atoms with Gasteiger partial charge in [0.15, 0.2) is 6.61 Å². The number of amides is 2. The van der Waals surface area contributed by atoms with E-state index in [2.05, 4.69) is 5.32 Å². The topological polar surface area (TPSA) is 58.6 Å². The number of thiophene rings is 1. The SMILES string of the molecule is O=C(COc1ccc(F)cc1)Nc1ccc2c(c1)N(C(=O)c1cccs1)CC2. The van der Waals surface area contributed by atoms with Gasteiger partial charge in [0.1, 0.15) is 11.6 Å². The maximum Gasteiger partial charge on any atom is 0.268 e. The number of nitrogens with zero attached hydrogens (tertiary/aromatic N) is 1. The van der Waals surface area contributed by atoms with Crippen LogP contribution in [0.4, 0.5) is 15.8 Å². The number of nitrogens with one attached hydrogen (secondary N) is 1. The van der Waals surface area contributed by atoms with Crippen LogP contribution in [0.15, 0.2) is 60.0 Å². The van der Waals surface area contributed by atoms with E-state index in [1.165, 1.54) is 35.6 Å². The lowest BCUT2D eigenvalue weighted by molar-refractivity contribution is -0.118. The van der Waals surface area contributed by atoms with Crippen molar-refractivity contribution in [2.45, 2.75) is 6.42 Å². The monoisotopic (exact) mass is 396 g/mol. The van der Waals surface area contributed by atoms with Gasteiger partial charge in [0.2, 0.25) is 0 Å². The number of rotatable bonds is 5. The van der Waals surface area contributed by atoms with Crippen LogP contribution < -0.4 is 15.0 Å². The van der Waals surface area contributed by atoms with Crippen molar-refractivity contribution in [2.75, 3.05) is 23.4 Å². The van der Waals surface area contributed by atoms with Crippen LogP contribution in [-0.2, 0) is 11.2 Å². The Balaban J connectivity index is 1.42. The van der Waals surface area contributed by atoms with Crippen LogP contribution in [0, 0.1) is 5.82 Å². The Morgan fingerprint density at radius 1 is 1.14 bits per heavy atom. The molecule has 0 radical (unpaired) electrons. The number of hydrogen-bond donors (Lipinski definition) is 1. The van der Waals surface area contributed by atoms with Gasteiger partial charge in [0, 0.05) is 17.9 Å². The molecule has 1 aromatic heterocycles. The molecule has 1 aliphatic rings. The lowest BCUT2D eigenvalue weighted by atomic mass is 10.1. The Bertz CT molecular complexity index is 1000. The summed E-state index contributed by atoms with van der Waals surface area (Å²) in [5, 5.41) is 4.65. The fraction of sp³-hybridized carbons (Fsp3) is 0.143. The van der Waals surface area contributed by atoms with E-state index in [4.69, 9.17) is 4.74 Å². The second kappa shape index (κ2) is 7.82. The number of ether oxygens (including phenoxy) is 1. The highest BCUT2D eigenvalue weighted by molar-refractivity contribution is 7.12. The number of carbonyl (C=O) groups is 2. The van der Waals surface area contributed by atoms with Crippen LogP contribution in [0.5, 0.6) is 5.75 Å². The fourth-order valence-corrected chi connectivity index (χ4v) is 3.75. The molecular weight excluding hydrogens is 379 g/mol. The van der Waals surface area contributed by atoms with Gasteiger partial charge >= 0.3 is 0 Å². The number of anilines is 2. The van der Waals surface area contributed by atoms with Gasteiger partial charge in [-0.25, -0.2) is 4.39 Å². The standard InChI is InChI=1S/C21H17FN2O3S/c22-15-4-7-17(8-5-15)27-13-20(25)23-16-6-3-14-9-10-24(18(14)12-16)21(26)19-2-1-11-28-19/h1-8,11-12H,9-10,13H2,(H,23,25). The van der Waals surface area contributed by atoms with Gasteiger partial charge in [0.25, 0.3) is 11.8 Å². The predicted molar refractivity (Wildman–Crippen MR) is 107 cm³/mol. The number of benzene rings is 2. The molecule has 7 heteroatoms. The van der Waals surface area contributed by atoms with Gasteiger partial charge in [-0.1, -0.05) is 12.1 Å². The molecule has 0 bridgehead atoms. The summed E-state index contributed by atoms with van der Waals surface area (Å²) in [5.41, 5.74) is 2.48. The van der Waals surface area contributed by atoms with Crippen LogP contribution in [0.3, 0.4) is 0 Å². The second-order valence-electron chi connectivity index (χ2n) is 6.32. The van der Waals surface area contributed by atoms with Gasteiger partial charge in [-0.2, -0.15) is 0 Å². The summed E-state index contributed by atoms with van der Waals surface area (Å²) < 4.78 is 18.3. The van der Waals surface area contributed by atoms with Crippen molar-refractivity contribution in [3.63, 3.8) is 0 Å². The molecule has 28 heavy (non-hydrogen) atoms. The second-order valence-corrected chi connectivity index (χ2v) is 7.27. The first-order valence-corrected chi connectivity index (χ1v) is 9.64. The first-order chi connectivity index (χ1) is 13.6. The highest BCUT2D eigenvalue weighted by atomic mass is 32.1. The van der Waals surface area contributed by atoms with E-state index in [1.54, 1.807) is 4.90 Å². The summed E-state index contributed by atoms with van der Waals surface area (Å²) in [6.45, 7) is 0.428. The number of carbonyl (C=O) groups excluding carboxylic acids is 2. The van der Waals surface area contributed by atoms with Crippen LogP contribution in [0.1, 0.15) is 15.2 Å². The minimum Gasteiger partial charge on any atom is -0.484 e. The van der Waals surface area contributed by atoms with Crippen molar-refractivity contribution in [2.24, 2.45) is 0 Å². The van der Waals surface area contributed by atoms with Crippen LogP contribution in [-0.4, -0.2) is 25.0 Å². The van der Waals surface area contributed by atoms with Crippen molar-refractivity contribution < 1.29 is 18.7 Å². The summed E-state index contributed by atoms with van der Waals surface area (Å²) in [4.78, 5) is 27.3. The van der Waals surface area contributed by atoms with Gasteiger partial charge in [-0.15, -0.1) is 11.3 Å². The summed E-state index contributed by atoms with van der Waals surface area (Å²) in [7, 11) is 0. The van der Waals surface area contributed by atoms with Crippen molar-refractivity contribution >= 4 is 34.5 Å². The third-order valence-corrected chi connectivity index (χ3v) is 5.28. The molecule has 3 aromatic rings. The van der Waals surface area contributed by atoms with Crippen molar-refractivity contribution in [1.29, 1.82) is 0 Å². The minimum atomic E-state index is -0.364. The van der Waals surface area contributed by atoms with Crippen molar-refractivity contribution in [3.05, 3.63) is 76.2 Å². The first-order valence-electron chi connectivity index (χ1n) is 8.77. The Kier molecular flexibility index (Phi) is 5.08. The lowest BCUT2D eigenvalue weighted by Gasteiger charge is -2.17. The van der Waals surface area contributed by atoms with Crippen LogP contribution in [0.2, 0.25) is 0 Å². The van der Waals surface area contributed by atoms with E-state index in [9.17, 15) is 14.0 Å². The molecule has 142 valence electrons. The maximum atomic E-state index is 12.9. The molecule has 0 unspecified atom stereocenters. The van der Waals surface area contributed by atoms with E-state index in [0.29, 0.717) is 22.9 Å². The fourth-order valence-electron chi connectivity index (χ4n) is 3.08. The summed E-state index contributed by atoms with van der Waals surface area (Å²) in [5.74, 6) is -0.315. The molecule has 0 fully saturated rings. The van der Waals surface area contributed by atoms with Gasteiger partial charge < -0.3 is 15.0 Å². The zero-order chi connectivity index (χ0) is 19.5. The quantitative estimate of drug-likeness (QED) is 0.706. The van der Waals surface area contributed by atoms with E-state index in [0.717, 1.165) is 17.7 Å². The molecule has 0 atom stereocenters. The normalized spacial score (nSPS) is 12.5. The average Bonchev–Trinajstić information content (AvgIpc) is 3.37. The Morgan fingerprint density at radius 3 is 2.71 bits per heavy atom. The Labute approximate surface area is 165 Å². The maximum absolute atomic E-state index is 12.9. The zero-order valence-corrected chi connectivity index (χ0v) is 15.7. The molecule has 0 saturated carbocycles. The van der Waals surface area contributed by atoms with Crippen LogP contribution in [0.25, 0.3) is 0 Å². The number of hydrogen-bond acceptors (Lipinski definition) is 4. The molecule has 0 spiro atoms. The smallest absolute Gasteiger partial charge is 0.268 e. The summed E-state index contributed by atoms with van der Waals surface area (Å²) >= 11 is 1.41. The van der Waals surface area contributed by atoms with Crippen LogP contribution >= 0.6 is 11.3 Å². The predicted octanol–water partition coefficient (Wildman–Crippen LogP) is 4.11. The molecule has 5 nitrogen and oxygen atoms in total. The Hall–Kier alpha value is -3.19. The number of halogens is 1. The highest BCUT2D eigenvalue weighted by Gasteiger charge is 2.26. The van der Waals surface area contributed by atoms with Gasteiger partial charge in [0.05, 0.1) is 4.88 Å². The lowest BCUT2D eigenvalue weighted by Crippen LogP contribution is -2.28. The van der Waals surface area contributed by atoms with E-state index < -0.39 is 0 Å². The van der Waals surface area contributed by atoms with E-state index in [-0.39, 0.29) is 24.2 Å². The molecule has 0 saturated heterocycles. The average molecular weight is 396 g/mol. The molecule has 2 aromatic carbocycles. The first kappa shape index (κ1) is 18.2. The third kappa shape index (κ3) is 3.89. The number of fused-ring (bicyclic) bond motifs is 1. The molecule has 1 N–H and O–H groups in total. The van der Waals surface area contributed by atoms with Crippen molar-refractivity contribution in [1.82, 2.24) is 0 Å². The molecule has 4 rings (SSSR count). The van der Waals surface area contributed by atoms with E-state index in [1.807, 2.05) is 35.7 Å². The molecule has 0 aliphatic carbocycles. The summed E-state index contributed by atoms with van der Waals surface area (Å²) in [6.07, 6.45) is 0.786. The summed E-state index contributed by atoms with van der Waals surface area (Å²) in [6, 6.07) is 14.7. The third-order valence-electron chi connectivity index (χ3n) is 4.43. The molecular formula is C21H17FN2O3S. The van der Waals surface area contributed by atoms with Gasteiger partial charge in [-0.05, 0) is 59.8 Å². The Morgan fingerprint density at radius 2 is 1.96 bits per heavy atom. The van der Waals surface area contributed by atoms with E-state index >= 15 is 0 Å². The molecule has 1 aliphatic heterocycles. The molecule has 2 heterocycles. The highest BCUT2D eigenvalue weighted by Crippen LogP contribution is 2.32. The van der Waals surface area contributed by atoms with Crippen molar-refractivity contribution in [3.8, 4) is 5.75 Å².